The first kappa shape index (κ1) is 15.6. The summed E-state index contributed by atoms with van der Waals surface area (Å²) in [4.78, 5) is 29.4. The first-order valence-corrected chi connectivity index (χ1v) is 8.30. The number of carbonyl (C=O) groups is 1. The van der Waals surface area contributed by atoms with Crippen LogP contribution in [-0.2, 0) is 19.5 Å². The van der Waals surface area contributed by atoms with Crippen molar-refractivity contribution in [1.82, 2.24) is 20.0 Å². The summed E-state index contributed by atoms with van der Waals surface area (Å²) < 4.78 is 7.09. The Morgan fingerprint density at radius 3 is 3.00 bits per heavy atom. The van der Waals surface area contributed by atoms with Crippen LogP contribution in [0.3, 0.4) is 0 Å². The van der Waals surface area contributed by atoms with E-state index in [1.807, 2.05) is 30.5 Å². The molecule has 7 nitrogen and oxygen atoms in total. The molecule has 0 bridgehead atoms. The van der Waals surface area contributed by atoms with Crippen molar-refractivity contribution in [2.45, 2.75) is 39.3 Å². The summed E-state index contributed by atoms with van der Waals surface area (Å²) in [5.41, 5.74) is 1.97. The molecule has 0 unspecified atom stereocenters. The van der Waals surface area contributed by atoms with E-state index in [1.165, 1.54) is 0 Å². The van der Waals surface area contributed by atoms with Crippen molar-refractivity contribution in [1.29, 1.82) is 0 Å². The van der Waals surface area contributed by atoms with Gasteiger partial charge in [-0.15, -0.1) is 0 Å². The number of nitrogens with one attached hydrogen (secondary N) is 1. The molecule has 3 heterocycles. The van der Waals surface area contributed by atoms with Crippen LogP contribution in [0.2, 0.25) is 0 Å². The van der Waals surface area contributed by atoms with E-state index in [-0.39, 0.29) is 23.5 Å². The van der Waals surface area contributed by atoms with Crippen LogP contribution in [0, 0.1) is 0 Å². The number of hydrogen-bond donors (Lipinski definition) is 1. The van der Waals surface area contributed by atoms with Gasteiger partial charge in [0.2, 0.25) is 11.3 Å². The maximum absolute atomic E-state index is 12.7. The van der Waals surface area contributed by atoms with E-state index in [4.69, 9.17) is 4.52 Å². The van der Waals surface area contributed by atoms with E-state index >= 15 is 0 Å². The predicted octanol–water partition coefficient (Wildman–Crippen LogP) is 1.99. The molecule has 1 aliphatic heterocycles. The molecule has 4 rings (SSSR count). The number of amides is 1. The van der Waals surface area contributed by atoms with Gasteiger partial charge in [-0.25, -0.2) is 0 Å². The van der Waals surface area contributed by atoms with Gasteiger partial charge in [-0.1, -0.05) is 31.1 Å². The SMILES string of the molecule is CC(C)c1nc(CNC(=O)c2cn3c4c(cccc4c2=O)CC3)no1. The van der Waals surface area contributed by atoms with Crippen molar-refractivity contribution in [3.05, 3.63) is 57.5 Å². The average Bonchev–Trinajstić information content (AvgIpc) is 3.24. The molecule has 0 spiro atoms. The number of para-hydroxylation sites is 1. The molecule has 2 aromatic heterocycles. The van der Waals surface area contributed by atoms with Crippen LogP contribution in [0.5, 0.6) is 0 Å². The van der Waals surface area contributed by atoms with Gasteiger partial charge < -0.3 is 14.4 Å². The summed E-state index contributed by atoms with van der Waals surface area (Å²) in [5, 5.41) is 7.12. The van der Waals surface area contributed by atoms with Gasteiger partial charge in [0.25, 0.3) is 5.91 Å². The fraction of sp³-hybridized carbons (Fsp3) is 0.333. The van der Waals surface area contributed by atoms with Crippen LogP contribution in [0.15, 0.2) is 33.7 Å². The second kappa shape index (κ2) is 5.84. The fourth-order valence-electron chi connectivity index (χ4n) is 3.15. The normalized spacial score (nSPS) is 12.9. The number of aromatic nitrogens is 3. The molecular formula is C18H18N4O3. The summed E-state index contributed by atoms with van der Waals surface area (Å²) in [6.07, 6.45) is 2.52. The Labute approximate surface area is 143 Å². The van der Waals surface area contributed by atoms with E-state index < -0.39 is 5.91 Å². The number of benzene rings is 1. The second-order valence-electron chi connectivity index (χ2n) is 6.51. The zero-order chi connectivity index (χ0) is 17.6. The van der Waals surface area contributed by atoms with Crippen molar-refractivity contribution in [2.24, 2.45) is 0 Å². The summed E-state index contributed by atoms with van der Waals surface area (Å²) >= 11 is 0. The third-order valence-electron chi connectivity index (χ3n) is 4.43. The molecule has 1 amide bonds. The molecule has 0 saturated heterocycles. The zero-order valence-corrected chi connectivity index (χ0v) is 14.1. The molecule has 0 aliphatic carbocycles. The molecule has 1 aromatic carbocycles. The zero-order valence-electron chi connectivity index (χ0n) is 14.1. The van der Waals surface area contributed by atoms with Gasteiger partial charge in [-0.2, -0.15) is 4.98 Å². The monoisotopic (exact) mass is 338 g/mol. The number of rotatable bonds is 4. The number of carbonyl (C=O) groups excluding carboxylic acids is 1. The van der Waals surface area contributed by atoms with E-state index in [1.54, 1.807) is 12.3 Å². The molecule has 3 aromatic rings. The number of nitrogens with zero attached hydrogens (tertiary/aromatic N) is 3. The number of pyridine rings is 1. The van der Waals surface area contributed by atoms with Crippen molar-refractivity contribution in [3.63, 3.8) is 0 Å². The molecule has 0 fully saturated rings. The molecule has 1 aliphatic rings. The maximum atomic E-state index is 12.7. The van der Waals surface area contributed by atoms with E-state index in [9.17, 15) is 9.59 Å². The average molecular weight is 338 g/mol. The van der Waals surface area contributed by atoms with Crippen LogP contribution >= 0.6 is 0 Å². The minimum absolute atomic E-state index is 0.118. The Morgan fingerprint density at radius 1 is 1.40 bits per heavy atom. The molecular weight excluding hydrogens is 320 g/mol. The van der Waals surface area contributed by atoms with Gasteiger partial charge >= 0.3 is 0 Å². The van der Waals surface area contributed by atoms with Gasteiger partial charge in [-0.3, -0.25) is 9.59 Å². The van der Waals surface area contributed by atoms with Crippen molar-refractivity contribution >= 4 is 16.8 Å². The third-order valence-corrected chi connectivity index (χ3v) is 4.43. The quantitative estimate of drug-likeness (QED) is 0.786. The van der Waals surface area contributed by atoms with Crippen LogP contribution in [0.1, 0.15) is 47.4 Å². The van der Waals surface area contributed by atoms with E-state index in [2.05, 4.69) is 15.5 Å². The lowest BCUT2D eigenvalue weighted by Crippen LogP contribution is -2.29. The maximum Gasteiger partial charge on any atom is 0.257 e. The molecule has 0 radical (unpaired) electrons. The van der Waals surface area contributed by atoms with Crippen LogP contribution in [0.25, 0.3) is 10.9 Å². The molecule has 1 N–H and O–H groups in total. The molecule has 7 heteroatoms. The molecule has 128 valence electrons. The largest absolute Gasteiger partial charge is 0.346 e. The lowest BCUT2D eigenvalue weighted by atomic mass is 10.1. The highest BCUT2D eigenvalue weighted by Crippen LogP contribution is 2.23. The summed E-state index contributed by atoms with van der Waals surface area (Å²) in [6.45, 7) is 4.79. The Balaban J connectivity index is 1.61. The lowest BCUT2D eigenvalue weighted by Gasteiger charge is -2.08. The highest BCUT2D eigenvalue weighted by Gasteiger charge is 2.20. The van der Waals surface area contributed by atoms with Gasteiger partial charge in [0.05, 0.1) is 12.1 Å². The minimum atomic E-state index is -0.427. The second-order valence-corrected chi connectivity index (χ2v) is 6.51. The van der Waals surface area contributed by atoms with Crippen LogP contribution in [-0.4, -0.2) is 20.6 Å². The molecule has 25 heavy (non-hydrogen) atoms. The lowest BCUT2D eigenvalue weighted by molar-refractivity contribution is 0.0948. The van der Waals surface area contributed by atoms with E-state index in [0.29, 0.717) is 17.1 Å². The van der Waals surface area contributed by atoms with Gasteiger partial charge in [0.1, 0.15) is 5.56 Å². The van der Waals surface area contributed by atoms with Crippen molar-refractivity contribution < 1.29 is 9.32 Å². The van der Waals surface area contributed by atoms with Gasteiger partial charge in [-0.05, 0) is 18.1 Å². The van der Waals surface area contributed by atoms with Crippen LogP contribution in [0.4, 0.5) is 0 Å². The van der Waals surface area contributed by atoms with Gasteiger partial charge in [0.15, 0.2) is 5.82 Å². The van der Waals surface area contributed by atoms with Crippen LogP contribution < -0.4 is 10.7 Å². The van der Waals surface area contributed by atoms with Crippen molar-refractivity contribution in [2.75, 3.05) is 0 Å². The Morgan fingerprint density at radius 2 is 2.24 bits per heavy atom. The number of aryl methyl sites for hydroxylation is 2. The summed E-state index contributed by atoms with van der Waals surface area (Å²) in [7, 11) is 0. The first-order chi connectivity index (χ1) is 12.0. The smallest absolute Gasteiger partial charge is 0.257 e. The van der Waals surface area contributed by atoms with E-state index in [0.717, 1.165) is 24.0 Å². The topological polar surface area (TPSA) is 90.0 Å². The highest BCUT2D eigenvalue weighted by molar-refractivity contribution is 5.98. The predicted molar refractivity (Wildman–Crippen MR) is 91.5 cm³/mol. The molecule has 0 saturated carbocycles. The summed E-state index contributed by atoms with van der Waals surface area (Å²) in [5.74, 6) is 0.616. The molecule has 0 atom stereocenters. The fourth-order valence-corrected chi connectivity index (χ4v) is 3.15. The first-order valence-electron chi connectivity index (χ1n) is 8.30. The summed E-state index contributed by atoms with van der Waals surface area (Å²) in [6, 6.07) is 5.66. The standard InChI is InChI=1S/C18H18N4O3/c1-10(2)18-20-14(21-25-18)8-19-17(24)13-9-22-7-6-11-4-3-5-12(15(11)22)16(13)23/h3-5,9-10H,6-8H2,1-2H3,(H,19,24). The third kappa shape index (κ3) is 2.61. The van der Waals surface area contributed by atoms with Crippen molar-refractivity contribution in [3.8, 4) is 0 Å². The van der Waals surface area contributed by atoms with Gasteiger partial charge in [0, 0.05) is 24.0 Å². The Hall–Kier alpha value is -2.96. The number of hydrogen-bond acceptors (Lipinski definition) is 5. The Bertz CT molecular complexity index is 1030. The Kier molecular flexibility index (Phi) is 3.63. The minimum Gasteiger partial charge on any atom is -0.346 e. The highest BCUT2D eigenvalue weighted by atomic mass is 16.5.